The maximum Gasteiger partial charge on any atom is 0.321 e. The average Bonchev–Trinajstić information content (AvgIpc) is 2.56. The number of rotatable bonds is 2. The number of hydrogen-bond donors (Lipinski definition) is 2. The van der Waals surface area contributed by atoms with E-state index >= 15 is 0 Å². The maximum atomic E-state index is 13.9. The second-order valence-corrected chi connectivity index (χ2v) is 6.97. The molecule has 2 amide bonds. The van der Waals surface area contributed by atoms with Crippen molar-refractivity contribution in [1.29, 1.82) is 0 Å². The van der Waals surface area contributed by atoms with Crippen molar-refractivity contribution in [3.05, 3.63) is 23.5 Å². The fraction of sp³-hybridized carbons (Fsp3) is 0.611. The summed E-state index contributed by atoms with van der Waals surface area (Å²) in [6, 6.07) is 2.61. The van der Waals surface area contributed by atoms with Gasteiger partial charge in [0.25, 0.3) is 0 Å². The molecular formula is C18H25FN2O3. The van der Waals surface area contributed by atoms with Crippen LogP contribution in [0.15, 0.2) is 12.1 Å². The topological polar surface area (TPSA) is 61.8 Å². The molecule has 2 fully saturated rings. The van der Waals surface area contributed by atoms with E-state index in [1.165, 1.54) is 13.2 Å². The molecule has 1 heterocycles. The van der Waals surface area contributed by atoms with Gasteiger partial charge in [0.15, 0.2) is 11.6 Å². The van der Waals surface area contributed by atoms with Crippen LogP contribution >= 0.6 is 0 Å². The van der Waals surface area contributed by atoms with Gasteiger partial charge in [-0.05, 0) is 37.8 Å². The standard InChI is InChI=1S/C18H25FN2O3/c1-12-9-16(24-2)14(19)10-15(12)20-17(22)21-8-7-18(23)6-4-3-5-13(18)11-21/h9-10,13,23H,3-8,11H2,1-2H3,(H,20,22)/t13-,18-/m1/s1. The van der Waals surface area contributed by atoms with Crippen LogP contribution in [0.2, 0.25) is 0 Å². The summed E-state index contributed by atoms with van der Waals surface area (Å²) in [5.41, 5.74) is 0.576. The number of aryl methyl sites for hydroxylation is 1. The zero-order valence-electron chi connectivity index (χ0n) is 14.3. The molecule has 132 valence electrons. The van der Waals surface area contributed by atoms with Gasteiger partial charge in [-0.1, -0.05) is 12.8 Å². The number of nitrogens with one attached hydrogen (secondary N) is 1. The number of urea groups is 1. The Morgan fingerprint density at radius 1 is 1.42 bits per heavy atom. The molecule has 1 aliphatic carbocycles. The first-order valence-corrected chi connectivity index (χ1v) is 8.55. The van der Waals surface area contributed by atoms with Gasteiger partial charge in [0.1, 0.15) is 0 Å². The van der Waals surface area contributed by atoms with Gasteiger partial charge in [-0.15, -0.1) is 0 Å². The van der Waals surface area contributed by atoms with Crippen molar-refractivity contribution >= 4 is 11.7 Å². The highest BCUT2D eigenvalue weighted by Gasteiger charge is 2.43. The highest BCUT2D eigenvalue weighted by Crippen LogP contribution is 2.40. The number of piperidine rings is 1. The molecule has 0 radical (unpaired) electrons. The highest BCUT2D eigenvalue weighted by molar-refractivity contribution is 5.90. The lowest BCUT2D eigenvalue weighted by atomic mass is 9.71. The molecule has 24 heavy (non-hydrogen) atoms. The first kappa shape index (κ1) is 17.0. The minimum atomic E-state index is -0.614. The number of fused-ring (bicyclic) bond motifs is 1. The molecule has 1 aliphatic heterocycles. The van der Waals surface area contributed by atoms with Gasteiger partial charge in [-0.2, -0.15) is 0 Å². The zero-order chi connectivity index (χ0) is 17.3. The predicted molar refractivity (Wildman–Crippen MR) is 89.8 cm³/mol. The Labute approximate surface area is 141 Å². The molecule has 5 nitrogen and oxygen atoms in total. The summed E-state index contributed by atoms with van der Waals surface area (Å²) >= 11 is 0. The minimum absolute atomic E-state index is 0.138. The first-order chi connectivity index (χ1) is 11.4. The van der Waals surface area contributed by atoms with Crippen LogP contribution < -0.4 is 10.1 Å². The van der Waals surface area contributed by atoms with E-state index < -0.39 is 11.4 Å². The second-order valence-electron chi connectivity index (χ2n) is 6.97. The molecular weight excluding hydrogens is 311 g/mol. The fourth-order valence-corrected chi connectivity index (χ4v) is 3.90. The van der Waals surface area contributed by atoms with E-state index in [0.717, 1.165) is 31.2 Å². The van der Waals surface area contributed by atoms with Gasteiger partial charge in [-0.3, -0.25) is 0 Å². The van der Waals surface area contributed by atoms with E-state index in [0.29, 0.717) is 25.2 Å². The molecule has 1 aromatic carbocycles. The number of carbonyl (C=O) groups is 1. The number of likely N-dealkylation sites (tertiary alicyclic amines) is 1. The molecule has 0 aromatic heterocycles. The number of aliphatic hydroxyl groups is 1. The minimum Gasteiger partial charge on any atom is -0.494 e. The normalized spacial score (nSPS) is 26.7. The van der Waals surface area contributed by atoms with Gasteiger partial charge in [-0.25, -0.2) is 9.18 Å². The Bertz CT molecular complexity index is 637. The first-order valence-electron chi connectivity index (χ1n) is 8.55. The summed E-state index contributed by atoms with van der Waals surface area (Å²) in [4.78, 5) is 14.3. The summed E-state index contributed by atoms with van der Waals surface area (Å²) in [5, 5.41) is 13.5. The third kappa shape index (κ3) is 3.20. The number of amides is 2. The molecule has 2 N–H and O–H groups in total. The van der Waals surface area contributed by atoms with E-state index in [1.54, 1.807) is 17.9 Å². The van der Waals surface area contributed by atoms with Crippen LogP contribution in [0, 0.1) is 18.7 Å². The molecule has 2 atom stereocenters. The van der Waals surface area contributed by atoms with Crippen LogP contribution in [0.3, 0.4) is 0 Å². The van der Waals surface area contributed by atoms with Gasteiger partial charge < -0.3 is 20.1 Å². The van der Waals surface area contributed by atoms with Crippen molar-refractivity contribution in [3.8, 4) is 5.75 Å². The van der Waals surface area contributed by atoms with Crippen molar-refractivity contribution < 1.29 is 19.0 Å². The molecule has 2 aliphatic rings. The Kier molecular flexibility index (Phi) is 4.67. The van der Waals surface area contributed by atoms with Gasteiger partial charge >= 0.3 is 6.03 Å². The van der Waals surface area contributed by atoms with Crippen molar-refractivity contribution in [2.75, 3.05) is 25.5 Å². The average molecular weight is 336 g/mol. The molecule has 1 saturated heterocycles. The number of methoxy groups -OCH3 is 1. The smallest absolute Gasteiger partial charge is 0.321 e. The number of benzene rings is 1. The summed E-state index contributed by atoms with van der Waals surface area (Å²) in [6.45, 7) is 2.88. The molecule has 6 heteroatoms. The number of carbonyl (C=O) groups excluding carboxylic acids is 1. The number of nitrogens with zero attached hydrogens (tertiary/aromatic N) is 1. The lowest BCUT2D eigenvalue weighted by Gasteiger charge is -2.47. The third-order valence-electron chi connectivity index (χ3n) is 5.46. The van der Waals surface area contributed by atoms with Crippen molar-refractivity contribution in [1.82, 2.24) is 4.90 Å². The molecule has 0 unspecified atom stereocenters. The molecule has 3 rings (SSSR count). The van der Waals surface area contributed by atoms with Crippen molar-refractivity contribution in [2.24, 2.45) is 5.92 Å². The van der Waals surface area contributed by atoms with E-state index in [1.807, 2.05) is 0 Å². The van der Waals surface area contributed by atoms with Gasteiger partial charge in [0.2, 0.25) is 0 Å². The summed E-state index contributed by atoms with van der Waals surface area (Å²) in [7, 11) is 1.41. The number of halogens is 1. The maximum absolute atomic E-state index is 13.9. The zero-order valence-corrected chi connectivity index (χ0v) is 14.3. The number of ether oxygens (including phenoxy) is 1. The van der Waals surface area contributed by atoms with Crippen LogP contribution in [-0.4, -0.2) is 41.8 Å². The van der Waals surface area contributed by atoms with Crippen LogP contribution in [0.5, 0.6) is 5.75 Å². The van der Waals surface area contributed by atoms with E-state index in [2.05, 4.69) is 5.32 Å². The summed E-state index contributed by atoms with van der Waals surface area (Å²) in [6.07, 6.45) is 4.56. The largest absolute Gasteiger partial charge is 0.494 e. The lowest BCUT2D eigenvalue weighted by molar-refractivity contribution is -0.0863. The molecule has 0 bridgehead atoms. The van der Waals surface area contributed by atoms with Crippen LogP contribution in [-0.2, 0) is 0 Å². The number of hydrogen-bond acceptors (Lipinski definition) is 3. The highest BCUT2D eigenvalue weighted by atomic mass is 19.1. The van der Waals surface area contributed by atoms with Crippen LogP contribution in [0.1, 0.15) is 37.7 Å². The summed E-state index contributed by atoms with van der Waals surface area (Å²) < 4.78 is 18.8. The second kappa shape index (κ2) is 6.59. The van der Waals surface area contributed by atoms with Crippen molar-refractivity contribution in [2.45, 2.75) is 44.6 Å². The SMILES string of the molecule is COc1cc(C)c(NC(=O)N2CC[C@]3(O)CCCC[C@@H]3C2)cc1F. The lowest BCUT2D eigenvalue weighted by Crippen LogP contribution is -2.55. The Hall–Kier alpha value is -1.82. The molecule has 1 saturated carbocycles. The Morgan fingerprint density at radius 3 is 2.96 bits per heavy atom. The molecule has 1 aromatic rings. The van der Waals surface area contributed by atoms with E-state index in [4.69, 9.17) is 4.74 Å². The van der Waals surface area contributed by atoms with Gasteiger partial charge in [0.05, 0.1) is 12.7 Å². The van der Waals surface area contributed by atoms with Crippen LogP contribution in [0.4, 0.5) is 14.9 Å². The van der Waals surface area contributed by atoms with E-state index in [-0.39, 0.29) is 17.7 Å². The quantitative estimate of drug-likeness (QED) is 0.871. The van der Waals surface area contributed by atoms with Crippen molar-refractivity contribution in [3.63, 3.8) is 0 Å². The number of anilines is 1. The van der Waals surface area contributed by atoms with Gasteiger partial charge in [0, 0.05) is 30.8 Å². The summed E-state index contributed by atoms with van der Waals surface area (Å²) in [5.74, 6) is -0.200. The third-order valence-corrected chi connectivity index (χ3v) is 5.46. The fourth-order valence-electron chi connectivity index (χ4n) is 3.90. The van der Waals surface area contributed by atoms with Crippen LogP contribution in [0.25, 0.3) is 0 Å². The Morgan fingerprint density at radius 2 is 2.21 bits per heavy atom. The monoisotopic (exact) mass is 336 g/mol. The predicted octanol–water partition coefficient (Wildman–Crippen LogP) is 3.30. The van der Waals surface area contributed by atoms with E-state index in [9.17, 15) is 14.3 Å². The molecule has 0 spiro atoms. The Balaban J connectivity index is 1.69.